The summed E-state index contributed by atoms with van der Waals surface area (Å²) in [5.74, 6) is 2.05. The molecule has 1 heterocycles. The first-order chi connectivity index (χ1) is 11.6. The van der Waals surface area contributed by atoms with E-state index in [9.17, 15) is 0 Å². The number of para-hydroxylation sites is 2. The van der Waals surface area contributed by atoms with Crippen molar-refractivity contribution in [1.29, 1.82) is 0 Å². The summed E-state index contributed by atoms with van der Waals surface area (Å²) in [5, 5.41) is 0. The number of rotatable bonds is 7. The fraction of sp³-hybridized carbons (Fsp3) is 0.350. The lowest BCUT2D eigenvalue weighted by atomic mass is 10.2. The third-order valence-electron chi connectivity index (χ3n) is 3.98. The van der Waals surface area contributed by atoms with Gasteiger partial charge in [0.05, 0.1) is 24.2 Å². The number of benzene rings is 2. The number of imidazole rings is 1. The minimum atomic E-state index is 0.706. The lowest BCUT2D eigenvalue weighted by molar-refractivity contribution is 0.299. The van der Waals surface area contributed by atoms with Crippen molar-refractivity contribution in [3.05, 3.63) is 59.9 Å². The normalized spacial score (nSPS) is 11.3. The summed E-state index contributed by atoms with van der Waals surface area (Å²) >= 11 is 0. The molecular weight excluding hydrogens is 298 g/mol. The van der Waals surface area contributed by atoms with E-state index in [1.807, 2.05) is 18.2 Å². The monoisotopic (exact) mass is 323 g/mol. The first-order valence-electron chi connectivity index (χ1n) is 8.42. The van der Waals surface area contributed by atoms with Gasteiger partial charge in [0.15, 0.2) is 0 Å². The van der Waals surface area contributed by atoms with Crippen LogP contribution in [0.5, 0.6) is 5.75 Å². The molecule has 126 valence electrons. The van der Waals surface area contributed by atoms with Gasteiger partial charge in [-0.25, -0.2) is 4.98 Å². The Morgan fingerprint density at radius 3 is 2.71 bits per heavy atom. The first kappa shape index (κ1) is 16.5. The largest absolute Gasteiger partial charge is 0.494 e. The molecule has 0 radical (unpaired) electrons. The lowest BCUT2D eigenvalue weighted by Crippen LogP contribution is -2.16. The molecule has 2 aromatic carbocycles. The van der Waals surface area contributed by atoms with Gasteiger partial charge in [-0.1, -0.05) is 24.3 Å². The highest BCUT2D eigenvalue weighted by atomic mass is 16.5. The summed E-state index contributed by atoms with van der Waals surface area (Å²) in [7, 11) is 4.15. The molecule has 3 rings (SSSR count). The SMILES string of the molecule is Cc1cccc(OCCCn2c(CN(C)C)nc3ccccc32)c1. The molecule has 0 amide bonds. The van der Waals surface area contributed by atoms with E-state index in [0.717, 1.165) is 36.6 Å². The van der Waals surface area contributed by atoms with Crippen LogP contribution in [-0.4, -0.2) is 35.2 Å². The fourth-order valence-corrected chi connectivity index (χ4v) is 2.90. The van der Waals surface area contributed by atoms with Gasteiger partial charge in [-0.05, 0) is 57.3 Å². The Morgan fingerprint density at radius 1 is 1.08 bits per heavy atom. The third kappa shape index (κ3) is 3.95. The van der Waals surface area contributed by atoms with Gasteiger partial charge in [-0.3, -0.25) is 0 Å². The highest BCUT2D eigenvalue weighted by Crippen LogP contribution is 2.18. The second-order valence-electron chi connectivity index (χ2n) is 6.42. The van der Waals surface area contributed by atoms with Crippen LogP contribution in [0.25, 0.3) is 11.0 Å². The van der Waals surface area contributed by atoms with Crippen molar-refractivity contribution in [2.75, 3.05) is 20.7 Å². The molecule has 4 heteroatoms. The Hall–Kier alpha value is -2.33. The predicted octanol–water partition coefficient (Wildman–Crippen LogP) is 3.88. The molecular formula is C20H25N3O. The van der Waals surface area contributed by atoms with E-state index in [1.165, 1.54) is 11.1 Å². The Morgan fingerprint density at radius 2 is 1.92 bits per heavy atom. The van der Waals surface area contributed by atoms with Gasteiger partial charge in [0.2, 0.25) is 0 Å². The van der Waals surface area contributed by atoms with Crippen LogP contribution in [0.3, 0.4) is 0 Å². The van der Waals surface area contributed by atoms with Crippen molar-refractivity contribution in [2.45, 2.75) is 26.4 Å². The Bertz CT molecular complexity index is 808. The van der Waals surface area contributed by atoms with E-state index in [1.54, 1.807) is 0 Å². The zero-order valence-electron chi connectivity index (χ0n) is 14.7. The molecule has 0 bridgehead atoms. The molecule has 0 aliphatic carbocycles. The van der Waals surface area contributed by atoms with Gasteiger partial charge in [0.1, 0.15) is 11.6 Å². The van der Waals surface area contributed by atoms with Crippen LogP contribution < -0.4 is 4.74 Å². The maximum atomic E-state index is 5.87. The molecule has 24 heavy (non-hydrogen) atoms. The zero-order valence-corrected chi connectivity index (χ0v) is 14.7. The summed E-state index contributed by atoms with van der Waals surface area (Å²) in [6.45, 7) is 4.54. The molecule has 0 N–H and O–H groups in total. The highest BCUT2D eigenvalue weighted by molar-refractivity contribution is 5.75. The van der Waals surface area contributed by atoms with Gasteiger partial charge in [0, 0.05) is 6.54 Å². The average molecular weight is 323 g/mol. The summed E-state index contributed by atoms with van der Waals surface area (Å²) in [4.78, 5) is 6.94. The number of aromatic nitrogens is 2. The van der Waals surface area contributed by atoms with E-state index in [2.05, 4.69) is 60.8 Å². The van der Waals surface area contributed by atoms with Crippen LogP contribution in [0.4, 0.5) is 0 Å². The van der Waals surface area contributed by atoms with Crippen LogP contribution in [-0.2, 0) is 13.1 Å². The Labute approximate surface area is 143 Å². The van der Waals surface area contributed by atoms with Crippen molar-refractivity contribution < 1.29 is 4.74 Å². The van der Waals surface area contributed by atoms with E-state index < -0.39 is 0 Å². The summed E-state index contributed by atoms with van der Waals surface area (Å²) in [5.41, 5.74) is 3.49. The van der Waals surface area contributed by atoms with Gasteiger partial charge >= 0.3 is 0 Å². The van der Waals surface area contributed by atoms with Crippen molar-refractivity contribution in [3.63, 3.8) is 0 Å². The van der Waals surface area contributed by atoms with Crippen molar-refractivity contribution in [1.82, 2.24) is 14.5 Å². The van der Waals surface area contributed by atoms with Crippen LogP contribution in [0.15, 0.2) is 48.5 Å². The fourth-order valence-electron chi connectivity index (χ4n) is 2.90. The van der Waals surface area contributed by atoms with Crippen molar-refractivity contribution >= 4 is 11.0 Å². The van der Waals surface area contributed by atoms with Crippen molar-refractivity contribution in [2.24, 2.45) is 0 Å². The van der Waals surface area contributed by atoms with E-state index in [-0.39, 0.29) is 0 Å². The minimum absolute atomic E-state index is 0.706. The topological polar surface area (TPSA) is 30.3 Å². The lowest BCUT2D eigenvalue weighted by Gasteiger charge is -2.13. The van der Waals surface area contributed by atoms with E-state index in [0.29, 0.717) is 6.61 Å². The number of fused-ring (bicyclic) bond motifs is 1. The van der Waals surface area contributed by atoms with Gasteiger partial charge < -0.3 is 14.2 Å². The molecule has 0 spiro atoms. The molecule has 0 aliphatic heterocycles. The molecule has 0 saturated heterocycles. The van der Waals surface area contributed by atoms with E-state index >= 15 is 0 Å². The van der Waals surface area contributed by atoms with Crippen molar-refractivity contribution in [3.8, 4) is 5.75 Å². The molecule has 0 saturated carbocycles. The second kappa shape index (κ2) is 7.49. The summed E-state index contributed by atoms with van der Waals surface area (Å²) in [6.07, 6.45) is 0.953. The molecule has 4 nitrogen and oxygen atoms in total. The number of aryl methyl sites for hydroxylation is 2. The van der Waals surface area contributed by atoms with Crippen LogP contribution in [0, 0.1) is 6.92 Å². The molecule has 1 aromatic heterocycles. The Kier molecular flexibility index (Phi) is 5.16. The van der Waals surface area contributed by atoms with Crippen LogP contribution >= 0.6 is 0 Å². The summed E-state index contributed by atoms with van der Waals surface area (Å²) in [6, 6.07) is 16.5. The quantitative estimate of drug-likeness (QED) is 0.618. The number of hydrogen-bond acceptors (Lipinski definition) is 3. The summed E-state index contributed by atoms with van der Waals surface area (Å²) < 4.78 is 8.19. The maximum absolute atomic E-state index is 5.87. The Balaban J connectivity index is 1.67. The van der Waals surface area contributed by atoms with E-state index in [4.69, 9.17) is 9.72 Å². The average Bonchev–Trinajstić information content (AvgIpc) is 2.88. The van der Waals surface area contributed by atoms with Crippen LogP contribution in [0.1, 0.15) is 17.8 Å². The molecule has 0 aliphatic rings. The third-order valence-corrected chi connectivity index (χ3v) is 3.98. The molecule has 0 atom stereocenters. The highest BCUT2D eigenvalue weighted by Gasteiger charge is 2.10. The van der Waals surface area contributed by atoms with Gasteiger partial charge in [-0.15, -0.1) is 0 Å². The smallest absolute Gasteiger partial charge is 0.124 e. The molecule has 3 aromatic rings. The maximum Gasteiger partial charge on any atom is 0.124 e. The zero-order chi connectivity index (χ0) is 16.9. The van der Waals surface area contributed by atoms with Crippen LogP contribution in [0.2, 0.25) is 0 Å². The number of nitrogens with zero attached hydrogens (tertiary/aromatic N) is 3. The van der Waals surface area contributed by atoms with Gasteiger partial charge in [0.25, 0.3) is 0 Å². The second-order valence-corrected chi connectivity index (χ2v) is 6.42. The molecule has 0 unspecified atom stereocenters. The standard InChI is InChI=1S/C20H25N3O/c1-16-8-6-9-17(14-16)24-13-7-12-23-19-11-5-4-10-18(19)21-20(23)15-22(2)3/h4-6,8-11,14H,7,12-13,15H2,1-3H3. The first-order valence-corrected chi connectivity index (χ1v) is 8.42. The number of ether oxygens (including phenoxy) is 1. The predicted molar refractivity (Wildman–Crippen MR) is 98.4 cm³/mol. The minimum Gasteiger partial charge on any atom is -0.494 e. The molecule has 0 fully saturated rings. The number of hydrogen-bond donors (Lipinski definition) is 0. The van der Waals surface area contributed by atoms with Gasteiger partial charge in [-0.2, -0.15) is 0 Å².